The third-order valence-electron chi connectivity index (χ3n) is 2.70. The standard InChI is InChI=1S/C12H15ClN2O5/c1-7(3-2-4-16)14-11-9(12(17)18)5-8(15(19)20)6-10(11)13/h5-7,14,16H,2-4H2,1H3,(H,17,18). The third-order valence-corrected chi connectivity index (χ3v) is 3.00. The first-order chi connectivity index (χ1) is 9.36. The van der Waals surface area contributed by atoms with Gasteiger partial charge in [-0.15, -0.1) is 0 Å². The van der Waals surface area contributed by atoms with Gasteiger partial charge in [0.25, 0.3) is 5.69 Å². The SMILES string of the molecule is CC(CCCO)Nc1c(Cl)cc([N+](=O)[O-])cc1C(=O)O. The molecule has 0 bridgehead atoms. The Labute approximate surface area is 120 Å². The predicted molar refractivity (Wildman–Crippen MR) is 74.5 cm³/mol. The van der Waals surface area contributed by atoms with Crippen molar-refractivity contribution in [1.82, 2.24) is 0 Å². The van der Waals surface area contributed by atoms with Crippen LogP contribution in [0.15, 0.2) is 12.1 Å². The minimum atomic E-state index is -1.30. The Morgan fingerprint density at radius 3 is 2.70 bits per heavy atom. The average Bonchev–Trinajstić information content (AvgIpc) is 2.37. The van der Waals surface area contributed by atoms with Gasteiger partial charge in [0, 0.05) is 24.8 Å². The molecule has 1 aromatic carbocycles. The molecule has 0 fully saturated rings. The maximum absolute atomic E-state index is 11.2. The van der Waals surface area contributed by atoms with Gasteiger partial charge < -0.3 is 15.5 Å². The van der Waals surface area contributed by atoms with Crippen LogP contribution >= 0.6 is 11.6 Å². The molecule has 0 aliphatic rings. The van der Waals surface area contributed by atoms with Gasteiger partial charge in [0.15, 0.2) is 0 Å². The van der Waals surface area contributed by atoms with Crippen LogP contribution in [0.3, 0.4) is 0 Å². The van der Waals surface area contributed by atoms with Crippen molar-refractivity contribution in [3.8, 4) is 0 Å². The van der Waals surface area contributed by atoms with Gasteiger partial charge in [0.05, 0.1) is 21.2 Å². The number of nitro benzene ring substituents is 1. The van der Waals surface area contributed by atoms with Crippen LogP contribution in [-0.2, 0) is 0 Å². The molecule has 20 heavy (non-hydrogen) atoms. The van der Waals surface area contributed by atoms with Crippen molar-refractivity contribution in [3.05, 3.63) is 32.8 Å². The van der Waals surface area contributed by atoms with E-state index in [1.54, 1.807) is 6.92 Å². The lowest BCUT2D eigenvalue weighted by atomic mass is 10.1. The molecule has 0 spiro atoms. The molecular weight excluding hydrogens is 288 g/mol. The van der Waals surface area contributed by atoms with Crippen molar-refractivity contribution >= 4 is 28.9 Å². The Balaban J connectivity index is 3.11. The molecule has 0 radical (unpaired) electrons. The van der Waals surface area contributed by atoms with Crippen LogP contribution < -0.4 is 5.32 Å². The number of halogens is 1. The Hall–Kier alpha value is -1.86. The van der Waals surface area contributed by atoms with Gasteiger partial charge in [-0.3, -0.25) is 10.1 Å². The summed E-state index contributed by atoms with van der Waals surface area (Å²) in [7, 11) is 0. The van der Waals surface area contributed by atoms with E-state index in [-0.39, 0.29) is 34.6 Å². The highest BCUT2D eigenvalue weighted by molar-refractivity contribution is 6.34. The Morgan fingerprint density at radius 2 is 2.20 bits per heavy atom. The van der Waals surface area contributed by atoms with Crippen molar-refractivity contribution in [2.45, 2.75) is 25.8 Å². The van der Waals surface area contributed by atoms with Crippen LogP contribution in [0.5, 0.6) is 0 Å². The molecular formula is C12H15ClN2O5. The summed E-state index contributed by atoms with van der Waals surface area (Å²) >= 11 is 5.92. The number of aliphatic hydroxyl groups is 1. The van der Waals surface area contributed by atoms with E-state index in [1.165, 1.54) is 0 Å². The van der Waals surface area contributed by atoms with E-state index in [1.807, 2.05) is 0 Å². The lowest BCUT2D eigenvalue weighted by Gasteiger charge is -2.17. The van der Waals surface area contributed by atoms with Gasteiger partial charge in [0.2, 0.25) is 0 Å². The van der Waals surface area contributed by atoms with Gasteiger partial charge >= 0.3 is 5.97 Å². The number of rotatable bonds is 7. The minimum Gasteiger partial charge on any atom is -0.478 e. The number of aromatic carboxylic acids is 1. The van der Waals surface area contributed by atoms with Gasteiger partial charge in [0.1, 0.15) is 0 Å². The summed E-state index contributed by atoms with van der Waals surface area (Å²) in [5.41, 5.74) is -0.476. The fourth-order valence-electron chi connectivity index (χ4n) is 1.73. The number of nitrogens with zero attached hydrogens (tertiary/aromatic N) is 1. The second kappa shape index (κ2) is 7.06. The first-order valence-electron chi connectivity index (χ1n) is 5.95. The Morgan fingerprint density at radius 1 is 1.55 bits per heavy atom. The average molecular weight is 303 g/mol. The molecule has 1 aromatic rings. The quantitative estimate of drug-likeness (QED) is 0.527. The first-order valence-corrected chi connectivity index (χ1v) is 6.33. The summed E-state index contributed by atoms with van der Waals surface area (Å²) in [5, 5.41) is 31.5. The largest absolute Gasteiger partial charge is 0.478 e. The molecule has 7 nitrogen and oxygen atoms in total. The normalized spacial score (nSPS) is 11.9. The minimum absolute atomic E-state index is 0.0209. The summed E-state index contributed by atoms with van der Waals surface area (Å²) in [6.45, 7) is 1.84. The molecule has 1 atom stereocenters. The maximum Gasteiger partial charge on any atom is 0.338 e. The van der Waals surface area contributed by atoms with Crippen molar-refractivity contribution in [2.75, 3.05) is 11.9 Å². The van der Waals surface area contributed by atoms with Crippen LogP contribution in [-0.4, -0.2) is 33.8 Å². The lowest BCUT2D eigenvalue weighted by molar-refractivity contribution is -0.384. The summed E-state index contributed by atoms with van der Waals surface area (Å²) in [6.07, 6.45) is 1.17. The molecule has 110 valence electrons. The summed E-state index contributed by atoms with van der Waals surface area (Å²) in [4.78, 5) is 21.2. The van der Waals surface area contributed by atoms with Crippen molar-refractivity contribution < 1.29 is 19.9 Å². The van der Waals surface area contributed by atoms with Gasteiger partial charge in [-0.2, -0.15) is 0 Å². The fraction of sp³-hybridized carbons (Fsp3) is 0.417. The van der Waals surface area contributed by atoms with E-state index >= 15 is 0 Å². The third kappa shape index (κ3) is 4.07. The van der Waals surface area contributed by atoms with Gasteiger partial charge in [-0.1, -0.05) is 11.6 Å². The highest BCUT2D eigenvalue weighted by atomic mass is 35.5. The number of carbonyl (C=O) groups is 1. The van der Waals surface area contributed by atoms with Crippen LogP contribution in [0.25, 0.3) is 0 Å². The first kappa shape index (κ1) is 16.2. The zero-order valence-electron chi connectivity index (χ0n) is 10.8. The van der Waals surface area contributed by atoms with E-state index in [2.05, 4.69) is 5.32 Å². The van der Waals surface area contributed by atoms with Crippen LogP contribution in [0, 0.1) is 10.1 Å². The summed E-state index contributed by atoms with van der Waals surface area (Å²) in [6, 6.07) is 1.95. The molecule has 0 aromatic heterocycles. The number of benzene rings is 1. The topological polar surface area (TPSA) is 113 Å². The molecule has 3 N–H and O–H groups in total. The number of non-ortho nitro benzene ring substituents is 1. The van der Waals surface area contributed by atoms with Crippen LogP contribution in [0.2, 0.25) is 5.02 Å². The number of hydrogen-bond donors (Lipinski definition) is 3. The monoisotopic (exact) mass is 302 g/mol. The lowest BCUT2D eigenvalue weighted by Crippen LogP contribution is -2.18. The molecule has 0 aliphatic heterocycles. The van der Waals surface area contributed by atoms with Crippen molar-refractivity contribution in [2.24, 2.45) is 0 Å². The Kier molecular flexibility index (Phi) is 5.72. The summed E-state index contributed by atoms with van der Waals surface area (Å²) in [5.74, 6) is -1.30. The number of nitro groups is 1. The van der Waals surface area contributed by atoms with Crippen molar-refractivity contribution in [1.29, 1.82) is 0 Å². The zero-order valence-corrected chi connectivity index (χ0v) is 11.6. The molecule has 1 rings (SSSR count). The second-order valence-electron chi connectivity index (χ2n) is 4.32. The predicted octanol–water partition coefficient (Wildman–Crippen LogP) is 2.52. The fourth-order valence-corrected chi connectivity index (χ4v) is 2.00. The molecule has 0 amide bonds. The zero-order chi connectivity index (χ0) is 15.3. The molecule has 0 saturated heterocycles. The number of carboxylic acid groups (broad SMARTS) is 1. The van der Waals surface area contributed by atoms with Gasteiger partial charge in [-0.05, 0) is 19.8 Å². The number of aliphatic hydroxyl groups excluding tert-OH is 1. The second-order valence-corrected chi connectivity index (χ2v) is 4.73. The van der Waals surface area contributed by atoms with E-state index in [9.17, 15) is 14.9 Å². The molecule has 8 heteroatoms. The molecule has 0 aliphatic carbocycles. The van der Waals surface area contributed by atoms with Crippen LogP contribution in [0.4, 0.5) is 11.4 Å². The van der Waals surface area contributed by atoms with Crippen molar-refractivity contribution in [3.63, 3.8) is 0 Å². The van der Waals surface area contributed by atoms with E-state index in [0.29, 0.717) is 12.8 Å². The maximum atomic E-state index is 11.2. The number of nitrogens with one attached hydrogen (secondary N) is 1. The number of anilines is 1. The number of carboxylic acids is 1. The summed E-state index contributed by atoms with van der Waals surface area (Å²) < 4.78 is 0. The van der Waals surface area contributed by atoms with E-state index in [4.69, 9.17) is 21.8 Å². The smallest absolute Gasteiger partial charge is 0.338 e. The van der Waals surface area contributed by atoms with Crippen LogP contribution in [0.1, 0.15) is 30.1 Å². The van der Waals surface area contributed by atoms with E-state index in [0.717, 1.165) is 12.1 Å². The van der Waals surface area contributed by atoms with Gasteiger partial charge in [-0.25, -0.2) is 4.79 Å². The molecule has 1 unspecified atom stereocenters. The number of hydrogen-bond acceptors (Lipinski definition) is 5. The van der Waals surface area contributed by atoms with E-state index < -0.39 is 10.9 Å². The highest BCUT2D eigenvalue weighted by Crippen LogP contribution is 2.32. The highest BCUT2D eigenvalue weighted by Gasteiger charge is 2.21. The molecule has 0 saturated carbocycles. The Bertz CT molecular complexity index is 521. The molecule has 0 heterocycles.